The zero-order valence-corrected chi connectivity index (χ0v) is 14.1. The Morgan fingerprint density at radius 1 is 1.29 bits per heavy atom. The number of amides is 1. The van der Waals surface area contributed by atoms with Crippen molar-refractivity contribution >= 4 is 17.2 Å². The zero-order chi connectivity index (χ0) is 17.2. The first-order valence-corrected chi connectivity index (χ1v) is 8.29. The predicted molar refractivity (Wildman–Crippen MR) is 90.7 cm³/mol. The Hall–Kier alpha value is -2.51. The maximum Gasteiger partial charge on any atom is 0.251 e. The molecule has 0 saturated heterocycles. The highest BCUT2D eigenvalue weighted by atomic mass is 32.1. The molecule has 0 aliphatic rings. The van der Waals surface area contributed by atoms with Gasteiger partial charge in [-0.1, -0.05) is 6.07 Å². The maximum atomic E-state index is 12.2. The first-order chi connectivity index (χ1) is 11.5. The smallest absolute Gasteiger partial charge is 0.251 e. The van der Waals surface area contributed by atoms with E-state index < -0.39 is 5.60 Å². The van der Waals surface area contributed by atoms with Gasteiger partial charge in [0, 0.05) is 22.9 Å². The van der Waals surface area contributed by atoms with Crippen LogP contribution in [0, 0.1) is 6.92 Å². The molecule has 0 aliphatic heterocycles. The second kappa shape index (κ2) is 6.54. The lowest BCUT2D eigenvalue weighted by molar-refractivity contribution is 0.0557. The summed E-state index contributed by atoms with van der Waals surface area (Å²) in [5.41, 5.74) is 0.153. The largest absolute Gasteiger partial charge is 0.421 e. The molecule has 0 fully saturated rings. The fourth-order valence-electron chi connectivity index (χ4n) is 2.20. The quantitative estimate of drug-likeness (QED) is 0.744. The van der Waals surface area contributed by atoms with Crippen LogP contribution in [0.15, 0.2) is 46.2 Å². The number of hydrogen-bond donors (Lipinski definition) is 2. The molecule has 3 rings (SSSR count). The van der Waals surface area contributed by atoms with E-state index in [9.17, 15) is 9.90 Å². The number of nitrogens with one attached hydrogen (secondary N) is 1. The zero-order valence-electron chi connectivity index (χ0n) is 13.3. The van der Waals surface area contributed by atoms with Crippen LogP contribution in [0.3, 0.4) is 0 Å². The fourth-order valence-corrected chi connectivity index (χ4v) is 2.99. The number of hydrogen-bond acceptors (Lipinski definition) is 6. The molecule has 0 spiro atoms. The van der Waals surface area contributed by atoms with Crippen LogP contribution in [0.5, 0.6) is 0 Å². The van der Waals surface area contributed by atoms with Gasteiger partial charge in [0.2, 0.25) is 11.8 Å². The van der Waals surface area contributed by atoms with Gasteiger partial charge in [-0.25, -0.2) is 0 Å². The van der Waals surface area contributed by atoms with E-state index >= 15 is 0 Å². The van der Waals surface area contributed by atoms with E-state index in [-0.39, 0.29) is 12.5 Å². The standard InChI is InChI=1S/C17H17N3O3S/c1-11-19-20-16(23-11)13-7-5-12(6-8-13)15(21)18-10-17(2,22)14-4-3-9-24-14/h3-9,22H,10H2,1-2H3,(H,18,21). The van der Waals surface area contributed by atoms with Gasteiger partial charge in [-0.3, -0.25) is 4.79 Å². The molecule has 0 aliphatic carbocycles. The third-order valence-corrected chi connectivity index (χ3v) is 4.69. The van der Waals surface area contributed by atoms with Crippen molar-refractivity contribution < 1.29 is 14.3 Å². The van der Waals surface area contributed by atoms with Crippen molar-refractivity contribution in [1.29, 1.82) is 0 Å². The number of aromatic nitrogens is 2. The van der Waals surface area contributed by atoms with Gasteiger partial charge in [0.25, 0.3) is 5.91 Å². The van der Waals surface area contributed by atoms with Crippen molar-refractivity contribution in [2.75, 3.05) is 6.54 Å². The molecule has 1 amide bonds. The van der Waals surface area contributed by atoms with Crippen molar-refractivity contribution in [3.05, 3.63) is 58.1 Å². The number of benzene rings is 1. The number of aliphatic hydroxyl groups is 1. The number of thiophene rings is 1. The molecule has 1 aromatic carbocycles. The van der Waals surface area contributed by atoms with E-state index in [0.717, 1.165) is 10.4 Å². The lowest BCUT2D eigenvalue weighted by Gasteiger charge is -2.22. The van der Waals surface area contributed by atoms with Crippen molar-refractivity contribution in [3.63, 3.8) is 0 Å². The van der Waals surface area contributed by atoms with Crippen LogP contribution >= 0.6 is 11.3 Å². The molecule has 1 atom stereocenters. The molecule has 124 valence electrons. The molecule has 0 radical (unpaired) electrons. The Balaban J connectivity index is 1.65. The average Bonchev–Trinajstić information content (AvgIpc) is 3.25. The topological polar surface area (TPSA) is 88.2 Å². The van der Waals surface area contributed by atoms with Crippen LogP contribution < -0.4 is 5.32 Å². The monoisotopic (exact) mass is 343 g/mol. The van der Waals surface area contributed by atoms with Crippen LogP contribution in [0.1, 0.15) is 28.0 Å². The van der Waals surface area contributed by atoms with Crippen LogP contribution in [0.2, 0.25) is 0 Å². The summed E-state index contributed by atoms with van der Waals surface area (Å²) in [6, 6.07) is 10.6. The molecule has 1 unspecified atom stereocenters. The number of nitrogens with zero attached hydrogens (tertiary/aromatic N) is 2. The van der Waals surface area contributed by atoms with Gasteiger partial charge in [0.05, 0.1) is 6.54 Å². The summed E-state index contributed by atoms with van der Waals surface area (Å²) in [5.74, 6) is 0.655. The maximum absolute atomic E-state index is 12.2. The van der Waals surface area contributed by atoms with Crippen LogP contribution in [-0.4, -0.2) is 27.8 Å². The minimum absolute atomic E-state index is 0.136. The number of carbonyl (C=O) groups excluding carboxylic acids is 1. The lowest BCUT2D eigenvalue weighted by atomic mass is 10.0. The number of aryl methyl sites for hydroxylation is 1. The molecule has 7 heteroatoms. The molecular weight excluding hydrogens is 326 g/mol. The normalized spacial score (nSPS) is 13.5. The van der Waals surface area contributed by atoms with Crippen LogP contribution in [-0.2, 0) is 5.60 Å². The van der Waals surface area contributed by atoms with Crippen molar-refractivity contribution in [2.24, 2.45) is 0 Å². The fraction of sp³-hybridized carbons (Fsp3) is 0.235. The van der Waals surface area contributed by atoms with Crippen molar-refractivity contribution in [1.82, 2.24) is 15.5 Å². The molecular formula is C17H17N3O3S. The summed E-state index contributed by atoms with van der Waals surface area (Å²) in [6.45, 7) is 3.54. The third kappa shape index (κ3) is 3.52. The van der Waals surface area contributed by atoms with Gasteiger partial charge in [0.15, 0.2) is 0 Å². The summed E-state index contributed by atoms with van der Waals surface area (Å²) < 4.78 is 5.35. The van der Waals surface area contributed by atoms with Gasteiger partial charge in [0.1, 0.15) is 5.60 Å². The SMILES string of the molecule is Cc1nnc(-c2ccc(C(=O)NCC(C)(O)c3cccs3)cc2)o1. The van der Waals surface area contributed by atoms with Gasteiger partial charge < -0.3 is 14.8 Å². The first kappa shape index (κ1) is 16.4. The Kier molecular flexibility index (Phi) is 4.46. The van der Waals surface area contributed by atoms with E-state index in [4.69, 9.17) is 4.42 Å². The molecule has 3 aromatic rings. The van der Waals surface area contributed by atoms with Gasteiger partial charge in [-0.2, -0.15) is 0 Å². The van der Waals surface area contributed by atoms with E-state index in [2.05, 4.69) is 15.5 Å². The Labute approximate surface area is 143 Å². The first-order valence-electron chi connectivity index (χ1n) is 7.41. The van der Waals surface area contributed by atoms with Gasteiger partial charge in [-0.15, -0.1) is 21.5 Å². The third-order valence-electron chi connectivity index (χ3n) is 3.57. The minimum atomic E-state index is -1.09. The molecule has 24 heavy (non-hydrogen) atoms. The number of rotatable bonds is 5. The Bertz CT molecular complexity index is 823. The van der Waals surface area contributed by atoms with E-state index in [1.165, 1.54) is 11.3 Å². The highest BCUT2D eigenvalue weighted by Crippen LogP contribution is 2.24. The summed E-state index contributed by atoms with van der Waals surface area (Å²) in [4.78, 5) is 13.1. The molecule has 0 saturated carbocycles. The van der Waals surface area contributed by atoms with E-state index in [1.54, 1.807) is 38.1 Å². The second-order valence-corrected chi connectivity index (χ2v) is 6.59. The minimum Gasteiger partial charge on any atom is -0.421 e. The molecule has 6 nitrogen and oxygen atoms in total. The number of carbonyl (C=O) groups is 1. The van der Waals surface area contributed by atoms with E-state index in [0.29, 0.717) is 17.3 Å². The average molecular weight is 343 g/mol. The molecule has 0 bridgehead atoms. The lowest BCUT2D eigenvalue weighted by Crippen LogP contribution is -2.38. The Morgan fingerprint density at radius 3 is 2.62 bits per heavy atom. The van der Waals surface area contributed by atoms with Crippen molar-refractivity contribution in [3.8, 4) is 11.5 Å². The highest BCUT2D eigenvalue weighted by molar-refractivity contribution is 7.10. The molecule has 2 aromatic heterocycles. The van der Waals surface area contributed by atoms with Crippen LogP contribution in [0.4, 0.5) is 0 Å². The molecule has 2 N–H and O–H groups in total. The van der Waals surface area contributed by atoms with Gasteiger partial charge in [-0.05, 0) is 42.6 Å². The second-order valence-electron chi connectivity index (χ2n) is 5.64. The predicted octanol–water partition coefficient (Wildman–Crippen LogP) is 2.74. The highest BCUT2D eigenvalue weighted by Gasteiger charge is 2.25. The summed E-state index contributed by atoms with van der Waals surface area (Å²) >= 11 is 1.45. The summed E-state index contributed by atoms with van der Waals surface area (Å²) in [7, 11) is 0. The molecule has 2 heterocycles. The van der Waals surface area contributed by atoms with E-state index in [1.807, 2.05) is 17.5 Å². The van der Waals surface area contributed by atoms with Crippen molar-refractivity contribution in [2.45, 2.75) is 19.4 Å². The summed E-state index contributed by atoms with van der Waals surface area (Å²) in [6.07, 6.45) is 0. The summed E-state index contributed by atoms with van der Waals surface area (Å²) in [5, 5.41) is 22.8. The van der Waals surface area contributed by atoms with Gasteiger partial charge >= 0.3 is 0 Å². The Morgan fingerprint density at radius 2 is 2.04 bits per heavy atom. The van der Waals surface area contributed by atoms with Crippen LogP contribution in [0.25, 0.3) is 11.5 Å².